The average molecular weight is 312 g/mol. The zero-order valence-corrected chi connectivity index (χ0v) is 12.5. The Morgan fingerprint density at radius 1 is 1.35 bits per heavy atom. The number of nitrogens with zero attached hydrogens (tertiary/aromatic N) is 6. The van der Waals surface area contributed by atoms with Gasteiger partial charge >= 0.3 is 0 Å². The molecule has 1 unspecified atom stereocenters. The molecule has 3 aromatic rings. The van der Waals surface area contributed by atoms with Crippen LogP contribution in [-0.4, -0.2) is 48.1 Å². The molecule has 0 radical (unpaired) electrons. The van der Waals surface area contributed by atoms with Crippen LogP contribution in [-0.2, 0) is 11.2 Å². The minimum absolute atomic E-state index is 0.171. The number of aromatic nitrogens is 7. The van der Waals surface area contributed by atoms with E-state index in [0.717, 1.165) is 11.3 Å². The first-order valence-electron chi connectivity index (χ1n) is 7.17. The quantitative estimate of drug-likeness (QED) is 0.664. The van der Waals surface area contributed by atoms with Crippen LogP contribution >= 0.6 is 0 Å². The number of carbonyl (C=O) groups is 1. The molecule has 2 heterocycles. The third-order valence-electron chi connectivity index (χ3n) is 3.41. The first-order valence-corrected chi connectivity index (χ1v) is 7.17. The first-order chi connectivity index (χ1) is 11.3. The number of H-pyrrole nitrogens is 1. The van der Waals surface area contributed by atoms with E-state index >= 15 is 0 Å². The zero-order valence-electron chi connectivity index (χ0n) is 12.5. The highest BCUT2D eigenvalue weighted by molar-refractivity contribution is 5.83. The van der Waals surface area contributed by atoms with Gasteiger partial charge in [-0.15, -0.1) is 5.10 Å². The number of nitrogens with one attached hydrogen (secondary N) is 2. The minimum Gasteiger partial charge on any atom is -0.354 e. The predicted octanol–water partition coefficient (Wildman–Crippen LogP) is 0.0479. The summed E-state index contributed by atoms with van der Waals surface area (Å²) in [4.78, 5) is 12.7. The van der Waals surface area contributed by atoms with Gasteiger partial charge in [0, 0.05) is 13.0 Å². The summed E-state index contributed by atoms with van der Waals surface area (Å²) in [5, 5.41) is 24.6. The molecule has 0 aliphatic carbocycles. The fraction of sp³-hybridized carbons (Fsp3) is 0.286. The van der Waals surface area contributed by atoms with Crippen LogP contribution in [0.2, 0.25) is 0 Å². The molecular weight excluding hydrogens is 296 g/mol. The second-order valence-electron chi connectivity index (χ2n) is 4.99. The summed E-state index contributed by atoms with van der Waals surface area (Å²) in [6, 6.07) is 8.81. The summed E-state index contributed by atoms with van der Waals surface area (Å²) in [6.45, 7) is 2.22. The Morgan fingerprint density at radius 2 is 2.17 bits per heavy atom. The van der Waals surface area contributed by atoms with Gasteiger partial charge in [0.05, 0.1) is 11.9 Å². The standard InChI is InChI=1S/C14H16N8O/c1-10-17-20-21-22(10)13(11-5-3-2-4-6-11)14(23)15-8-7-12-9-16-19-18-12/h2-6,9,13H,7-8H2,1H3,(H,15,23)(H,16,18,19). The monoisotopic (exact) mass is 312 g/mol. The van der Waals surface area contributed by atoms with Crippen molar-refractivity contribution in [3.8, 4) is 0 Å². The fourth-order valence-corrected chi connectivity index (χ4v) is 2.27. The molecule has 9 nitrogen and oxygen atoms in total. The Morgan fingerprint density at radius 3 is 2.83 bits per heavy atom. The molecule has 0 saturated heterocycles. The highest BCUT2D eigenvalue weighted by Gasteiger charge is 2.25. The summed E-state index contributed by atoms with van der Waals surface area (Å²) >= 11 is 0. The van der Waals surface area contributed by atoms with Gasteiger partial charge in [0.15, 0.2) is 6.04 Å². The number of hydrogen-bond donors (Lipinski definition) is 2. The van der Waals surface area contributed by atoms with Crippen molar-refractivity contribution in [3.05, 3.63) is 53.6 Å². The lowest BCUT2D eigenvalue weighted by molar-refractivity contribution is -0.123. The Hall–Kier alpha value is -3.10. The molecule has 0 spiro atoms. The lowest BCUT2D eigenvalue weighted by atomic mass is 10.1. The van der Waals surface area contributed by atoms with E-state index in [2.05, 4.69) is 36.3 Å². The molecule has 9 heteroatoms. The van der Waals surface area contributed by atoms with Gasteiger partial charge in [-0.25, -0.2) is 4.68 Å². The largest absolute Gasteiger partial charge is 0.354 e. The smallest absolute Gasteiger partial charge is 0.249 e. The Labute approximate surface area is 132 Å². The topological polar surface area (TPSA) is 114 Å². The highest BCUT2D eigenvalue weighted by atomic mass is 16.2. The van der Waals surface area contributed by atoms with Crippen LogP contribution in [0.15, 0.2) is 36.5 Å². The van der Waals surface area contributed by atoms with Crippen LogP contribution in [0.1, 0.15) is 23.1 Å². The fourth-order valence-electron chi connectivity index (χ4n) is 2.27. The lowest BCUT2D eigenvalue weighted by Gasteiger charge is -2.17. The Bertz CT molecular complexity index is 752. The molecule has 23 heavy (non-hydrogen) atoms. The molecule has 2 N–H and O–H groups in total. The second kappa shape index (κ2) is 6.77. The normalized spacial score (nSPS) is 12.0. The molecular formula is C14H16N8O. The SMILES string of the molecule is Cc1nnnn1C(C(=O)NCCc1cn[nH]n1)c1ccccc1. The van der Waals surface area contributed by atoms with Crippen LogP contribution in [0.4, 0.5) is 0 Å². The van der Waals surface area contributed by atoms with E-state index in [9.17, 15) is 4.79 Å². The first kappa shape index (κ1) is 14.8. The number of aromatic amines is 1. The van der Waals surface area contributed by atoms with Crippen molar-refractivity contribution in [3.63, 3.8) is 0 Å². The third-order valence-corrected chi connectivity index (χ3v) is 3.41. The van der Waals surface area contributed by atoms with Gasteiger partial charge in [0.1, 0.15) is 5.82 Å². The number of aryl methyl sites for hydroxylation is 1. The van der Waals surface area contributed by atoms with Crippen LogP contribution in [0.3, 0.4) is 0 Å². The van der Waals surface area contributed by atoms with Crippen molar-refractivity contribution in [2.24, 2.45) is 0 Å². The van der Waals surface area contributed by atoms with Gasteiger partial charge in [0.25, 0.3) is 0 Å². The zero-order chi connectivity index (χ0) is 16.1. The van der Waals surface area contributed by atoms with Crippen molar-refractivity contribution in [1.82, 2.24) is 40.9 Å². The van der Waals surface area contributed by atoms with E-state index < -0.39 is 6.04 Å². The van der Waals surface area contributed by atoms with Crippen molar-refractivity contribution in [2.45, 2.75) is 19.4 Å². The number of hydrogen-bond acceptors (Lipinski definition) is 6. The maximum atomic E-state index is 12.7. The average Bonchev–Trinajstić information content (AvgIpc) is 3.21. The van der Waals surface area contributed by atoms with Crippen LogP contribution < -0.4 is 5.32 Å². The Kier molecular flexibility index (Phi) is 4.37. The Balaban J connectivity index is 1.75. The molecule has 0 bridgehead atoms. The van der Waals surface area contributed by atoms with E-state index in [1.807, 2.05) is 30.3 Å². The molecule has 3 rings (SSSR count). The van der Waals surface area contributed by atoms with Gasteiger partial charge in [-0.2, -0.15) is 15.4 Å². The van der Waals surface area contributed by atoms with Crippen LogP contribution in [0, 0.1) is 6.92 Å². The lowest BCUT2D eigenvalue weighted by Crippen LogP contribution is -2.35. The number of benzene rings is 1. The third kappa shape index (κ3) is 3.39. The maximum Gasteiger partial charge on any atom is 0.249 e. The van der Waals surface area contributed by atoms with Gasteiger partial charge in [0.2, 0.25) is 5.91 Å². The van der Waals surface area contributed by atoms with Gasteiger partial charge < -0.3 is 5.32 Å². The summed E-state index contributed by atoms with van der Waals surface area (Å²) < 4.78 is 1.51. The van der Waals surface area contributed by atoms with E-state index in [1.54, 1.807) is 13.1 Å². The van der Waals surface area contributed by atoms with E-state index in [-0.39, 0.29) is 5.91 Å². The predicted molar refractivity (Wildman–Crippen MR) is 80.2 cm³/mol. The number of rotatable bonds is 6. The van der Waals surface area contributed by atoms with Crippen molar-refractivity contribution in [1.29, 1.82) is 0 Å². The summed E-state index contributed by atoms with van der Waals surface area (Å²) in [6.07, 6.45) is 2.23. The molecule has 118 valence electrons. The molecule has 1 atom stereocenters. The minimum atomic E-state index is -0.608. The van der Waals surface area contributed by atoms with Crippen molar-refractivity contribution < 1.29 is 4.79 Å². The number of amides is 1. The van der Waals surface area contributed by atoms with Crippen molar-refractivity contribution >= 4 is 5.91 Å². The molecule has 2 aromatic heterocycles. The number of tetrazole rings is 1. The summed E-state index contributed by atoms with van der Waals surface area (Å²) in [5.41, 5.74) is 1.61. The van der Waals surface area contributed by atoms with Crippen LogP contribution in [0.5, 0.6) is 0 Å². The molecule has 0 aliphatic heterocycles. The molecule has 0 fully saturated rings. The number of carbonyl (C=O) groups excluding carboxylic acids is 1. The molecule has 0 saturated carbocycles. The van der Waals surface area contributed by atoms with Crippen LogP contribution in [0.25, 0.3) is 0 Å². The van der Waals surface area contributed by atoms with Crippen molar-refractivity contribution in [2.75, 3.05) is 6.54 Å². The van der Waals surface area contributed by atoms with E-state index in [0.29, 0.717) is 18.8 Å². The molecule has 1 aromatic carbocycles. The maximum absolute atomic E-state index is 12.7. The van der Waals surface area contributed by atoms with E-state index in [1.165, 1.54) is 4.68 Å². The van der Waals surface area contributed by atoms with E-state index in [4.69, 9.17) is 0 Å². The van der Waals surface area contributed by atoms with Gasteiger partial charge in [-0.3, -0.25) is 4.79 Å². The summed E-state index contributed by atoms with van der Waals surface area (Å²) in [7, 11) is 0. The molecule has 1 amide bonds. The summed E-state index contributed by atoms with van der Waals surface area (Å²) in [5.74, 6) is 0.403. The second-order valence-corrected chi connectivity index (χ2v) is 4.99. The molecule has 0 aliphatic rings. The highest BCUT2D eigenvalue weighted by Crippen LogP contribution is 2.18. The van der Waals surface area contributed by atoms with Gasteiger partial charge in [-0.05, 0) is 22.9 Å². The van der Waals surface area contributed by atoms with Gasteiger partial charge in [-0.1, -0.05) is 30.3 Å².